The Kier molecular flexibility index (Phi) is 4.07. The SMILES string of the molecule is Cc1nc(Cc2[nH]nc(-c3ccc(Cl)cc3)c2-c2ccncc2)co1. The van der Waals surface area contributed by atoms with Gasteiger partial charge in [-0.3, -0.25) is 10.1 Å². The number of pyridine rings is 1. The zero-order valence-corrected chi connectivity index (χ0v) is 14.3. The average molecular weight is 351 g/mol. The predicted octanol–water partition coefficient (Wildman–Crippen LogP) is 4.68. The molecule has 4 rings (SSSR count). The second kappa shape index (κ2) is 6.53. The topological polar surface area (TPSA) is 67.6 Å². The van der Waals surface area contributed by atoms with E-state index < -0.39 is 0 Å². The number of aromatic nitrogens is 4. The Morgan fingerprint density at radius 3 is 2.48 bits per heavy atom. The summed E-state index contributed by atoms with van der Waals surface area (Å²) >= 11 is 6.02. The first kappa shape index (κ1) is 15.6. The fraction of sp³-hybridized carbons (Fsp3) is 0.105. The monoisotopic (exact) mass is 350 g/mol. The van der Waals surface area contributed by atoms with Crippen molar-refractivity contribution in [2.45, 2.75) is 13.3 Å². The second-order valence-corrected chi connectivity index (χ2v) is 6.14. The molecule has 3 aromatic heterocycles. The number of aromatic amines is 1. The molecule has 25 heavy (non-hydrogen) atoms. The highest BCUT2D eigenvalue weighted by Gasteiger charge is 2.18. The summed E-state index contributed by atoms with van der Waals surface area (Å²) in [6, 6.07) is 11.6. The summed E-state index contributed by atoms with van der Waals surface area (Å²) in [7, 11) is 0. The molecule has 124 valence electrons. The van der Waals surface area contributed by atoms with Crippen LogP contribution in [0.5, 0.6) is 0 Å². The Morgan fingerprint density at radius 1 is 1.04 bits per heavy atom. The van der Waals surface area contributed by atoms with Gasteiger partial charge >= 0.3 is 0 Å². The lowest BCUT2D eigenvalue weighted by Crippen LogP contribution is -1.93. The molecule has 0 atom stereocenters. The molecule has 0 amide bonds. The minimum Gasteiger partial charge on any atom is -0.449 e. The smallest absolute Gasteiger partial charge is 0.191 e. The summed E-state index contributed by atoms with van der Waals surface area (Å²) in [6.07, 6.45) is 5.83. The molecular weight excluding hydrogens is 336 g/mol. The number of nitrogens with one attached hydrogen (secondary N) is 1. The lowest BCUT2D eigenvalue weighted by molar-refractivity contribution is 0.520. The van der Waals surface area contributed by atoms with E-state index >= 15 is 0 Å². The van der Waals surface area contributed by atoms with E-state index in [4.69, 9.17) is 16.0 Å². The first-order valence-corrected chi connectivity index (χ1v) is 8.23. The van der Waals surface area contributed by atoms with Gasteiger partial charge in [0.05, 0.1) is 5.69 Å². The highest BCUT2D eigenvalue weighted by atomic mass is 35.5. The molecule has 4 aromatic rings. The van der Waals surface area contributed by atoms with Crippen LogP contribution < -0.4 is 0 Å². The zero-order valence-electron chi connectivity index (χ0n) is 13.5. The van der Waals surface area contributed by atoms with Crippen molar-refractivity contribution in [3.63, 3.8) is 0 Å². The molecule has 0 fully saturated rings. The van der Waals surface area contributed by atoms with Gasteiger partial charge in [0.25, 0.3) is 0 Å². The Bertz CT molecular complexity index is 990. The number of halogens is 1. The summed E-state index contributed by atoms with van der Waals surface area (Å²) in [6.45, 7) is 1.83. The molecule has 0 aliphatic carbocycles. The van der Waals surface area contributed by atoms with Gasteiger partial charge in [-0.05, 0) is 29.8 Å². The van der Waals surface area contributed by atoms with Gasteiger partial charge in [-0.1, -0.05) is 23.7 Å². The highest BCUT2D eigenvalue weighted by Crippen LogP contribution is 2.34. The standard InChI is InChI=1S/C19H15ClN4O/c1-12-22-16(11-25-12)10-17-18(13-6-8-21-9-7-13)19(24-23-17)14-2-4-15(20)5-3-14/h2-9,11H,10H2,1H3,(H,23,24). The van der Waals surface area contributed by atoms with Gasteiger partial charge in [-0.2, -0.15) is 5.10 Å². The minimum atomic E-state index is 0.607. The molecule has 0 aliphatic rings. The number of H-pyrrole nitrogens is 1. The fourth-order valence-electron chi connectivity index (χ4n) is 2.82. The van der Waals surface area contributed by atoms with E-state index in [-0.39, 0.29) is 0 Å². The summed E-state index contributed by atoms with van der Waals surface area (Å²) in [5.41, 5.74) is 5.78. The van der Waals surface area contributed by atoms with Gasteiger partial charge < -0.3 is 4.42 Å². The van der Waals surface area contributed by atoms with Crippen LogP contribution in [0.4, 0.5) is 0 Å². The van der Waals surface area contributed by atoms with Crippen LogP contribution >= 0.6 is 11.6 Å². The zero-order chi connectivity index (χ0) is 17.2. The normalized spacial score (nSPS) is 11.0. The maximum Gasteiger partial charge on any atom is 0.191 e. The van der Waals surface area contributed by atoms with Crippen molar-refractivity contribution in [2.24, 2.45) is 0 Å². The van der Waals surface area contributed by atoms with Gasteiger partial charge in [0, 0.05) is 47.6 Å². The molecule has 0 radical (unpaired) electrons. The van der Waals surface area contributed by atoms with Crippen LogP contribution in [0.15, 0.2) is 59.5 Å². The van der Waals surface area contributed by atoms with Gasteiger partial charge in [-0.25, -0.2) is 4.98 Å². The maximum absolute atomic E-state index is 6.02. The fourth-order valence-corrected chi connectivity index (χ4v) is 2.95. The molecule has 0 saturated carbocycles. The van der Waals surface area contributed by atoms with Crippen LogP contribution in [-0.2, 0) is 6.42 Å². The summed E-state index contributed by atoms with van der Waals surface area (Å²) in [5.74, 6) is 0.651. The summed E-state index contributed by atoms with van der Waals surface area (Å²) < 4.78 is 5.32. The van der Waals surface area contributed by atoms with Gasteiger partial charge in [0.15, 0.2) is 5.89 Å². The van der Waals surface area contributed by atoms with E-state index in [1.54, 1.807) is 18.7 Å². The molecule has 0 bridgehead atoms. The molecule has 0 saturated heterocycles. The molecule has 1 aromatic carbocycles. The first-order valence-electron chi connectivity index (χ1n) is 7.85. The van der Waals surface area contributed by atoms with E-state index in [1.807, 2.05) is 43.3 Å². The summed E-state index contributed by atoms with van der Waals surface area (Å²) in [4.78, 5) is 8.50. The van der Waals surface area contributed by atoms with Crippen LogP contribution in [-0.4, -0.2) is 20.2 Å². The van der Waals surface area contributed by atoms with Crippen molar-refractivity contribution in [1.82, 2.24) is 20.2 Å². The van der Waals surface area contributed by atoms with Gasteiger partial charge in [0.1, 0.15) is 12.0 Å². The molecule has 6 heteroatoms. The maximum atomic E-state index is 6.02. The third kappa shape index (κ3) is 3.19. The predicted molar refractivity (Wildman–Crippen MR) is 96.3 cm³/mol. The first-order chi connectivity index (χ1) is 12.2. The van der Waals surface area contributed by atoms with E-state index in [1.165, 1.54) is 0 Å². The molecular formula is C19H15ClN4O. The summed E-state index contributed by atoms with van der Waals surface area (Å²) in [5, 5.41) is 8.40. The number of hydrogen-bond acceptors (Lipinski definition) is 4. The van der Waals surface area contributed by atoms with Crippen molar-refractivity contribution >= 4 is 11.6 Å². The minimum absolute atomic E-state index is 0.607. The Morgan fingerprint density at radius 2 is 1.80 bits per heavy atom. The molecule has 0 aliphatic heterocycles. The number of oxazole rings is 1. The Labute approximate surface area is 149 Å². The van der Waals surface area contributed by atoms with Gasteiger partial charge in [-0.15, -0.1) is 0 Å². The number of hydrogen-bond donors (Lipinski definition) is 1. The highest BCUT2D eigenvalue weighted by molar-refractivity contribution is 6.30. The van der Waals surface area contributed by atoms with E-state index in [2.05, 4.69) is 20.2 Å². The molecule has 5 nitrogen and oxygen atoms in total. The van der Waals surface area contributed by atoms with Crippen LogP contribution in [0.25, 0.3) is 22.4 Å². The van der Waals surface area contributed by atoms with Crippen molar-refractivity contribution in [2.75, 3.05) is 0 Å². The molecule has 3 heterocycles. The van der Waals surface area contributed by atoms with Crippen molar-refractivity contribution in [3.05, 3.63) is 77.4 Å². The lowest BCUT2D eigenvalue weighted by atomic mass is 9.98. The van der Waals surface area contributed by atoms with E-state index in [0.717, 1.165) is 33.8 Å². The number of benzene rings is 1. The number of rotatable bonds is 4. The quantitative estimate of drug-likeness (QED) is 0.580. The van der Waals surface area contributed by atoms with Crippen LogP contribution in [0.2, 0.25) is 5.02 Å². The van der Waals surface area contributed by atoms with Crippen molar-refractivity contribution < 1.29 is 4.42 Å². The average Bonchev–Trinajstić information content (AvgIpc) is 3.23. The number of aryl methyl sites for hydroxylation is 1. The third-order valence-corrected chi connectivity index (χ3v) is 4.20. The number of nitrogens with zero attached hydrogens (tertiary/aromatic N) is 3. The molecule has 1 N–H and O–H groups in total. The Balaban J connectivity index is 1.83. The van der Waals surface area contributed by atoms with E-state index in [0.29, 0.717) is 17.3 Å². The second-order valence-electron chi connectivity index (χ2n) is 5.70. The Hall–Kier alpha value is -2.92. The largest absolute Gasteiger partial charge is 0.449 e. The lowest BCUT2D eigenvalue weighted by Gasteiger charge is -2.06. The third-order valence-electron chi connectivity index (χ3n) is 3.95. The van der Waals surface area contributed by atoms with E-state index in [9.17, 15) is 0 Å². The van der Waals surface area contributed by atoms with Crippen LogP contribution in [0.3, 0.4) is 0 Å². The molecule has 0 spiro atoms. The van der Waals surface area contributed by atoms with Gasteiger partial charge in [0.2, 0.25) is 0 Å². The van der Waals surface area contributed by atoms with Crippen LogP contribution in [0, 0.1) is 6.92 Å². The van der Waals surface area contributed by atoms with Crippen molar-refractivity contribution in [1.29, 1.82) is 0 Å². The molecule has 0 unspecified atom stereocenters. The van der Waals surface area contributed by atoms with Crippen LogP contribution in [0.1, 0.15) is 17.3 Å². The van der Waals surface area contributed by atoms with Crippen molar-refractivity contribution in [3.8, 4) is 22.4 Å².